The fraction of sp³-hybridized carbons (Fsp3) is 0.409. The Labute approximate surface area is 173 Å². The molecule has 0 radical (unpaired) electrons. The average molecular weight is 410 g/mol. The molecule has 4 atom stereocenters. The van der Waals surface area contributed by atoms with Crippen molar-refractivity contribution in [2.24, 2.45) is 0 Å². The van der Waals surface area contributed by atoms with E-state index in [0.29, 0.717) is 29.6 Å². The van der Waals surface area contributed by atoms with Crippen molar-refractivity contribution in [3.63, 3.8) is 0 Å². The number of nitrogens with zero attached hydrogens (tertiary/aromatic N) is 3. The molecule has 2 aliphatic rings. The van der Waals surface area contributed by atoms with E-state index in [9.17, 15) is 9.50 Å². The number of aryl methyl sites for hydroxylation is 1. The second-order valence-electron chi connectivity index (χ2n) is 8.04. The predicted molar refractivity (Wildman–Crippen MR) is 108 cm³/mol. The number of halogens is 1. The third-order valence-electron chi connectivity index (χ3n) is 6.02. The van der Waals surface area contributed by atoms with Crippen LogP contribution in [0.1, 0.15) is 31.4 Å². The van der Waals surface area contributed by atoms with Gasteiger partial charge in [0.2, 0.25) is 5.88 Å². The summed E-state index contributed by atoms with van der Waals surface area (Å²) in [4.78, 5) is 0. The first-order valence-electron chi connectivity index (χ1n) is 10.2. The zero-order valence-corrected chi connectivity index (χ0v) is 16.6. The number of hydrogen-bond donors (Lipinski definition) is 2. The number of hydrogen-bond acceptors (Lipinski definition) is 7. The highest BCUT2D eigenvalue weighted by Crippen LogP contribution is 2.34. The average Bonchev–Trinajstić information content (AvgIpc) is 3.19. The third kappa shape index (κ3) is 3.52. The lowest BCUT2D eigenvalue weighted by molar-refractivity contribution is 0.00652. The molecule has 2 N–H and O–H groups in total. The second kappa shape index (κ2) is 7.68. The molecule has 2 aromatic heterocycles. The molecular weight excluding hydrogens is 387 g/mol. The first-order valence-corrected chi connectivity index (χ1v) is 10.2. The highest BCUT2D eigenvalue weighted by molar-refractivity contribution is 5.74. The number of rotatable bonds is 4. The molecule has 156 valence electrons. The molecule has 7 nitrogen and oxygen atoms in total. The van der Waals surface area contributed by atoms with Crippen LogP contribution in [0.3, 0.4) is 0 Å². The Morgan fingerprint density at radius 2 is 2.07 bits per heavy atom. The minimum Gasteiger partial charge on any atom is -0.507 e. The van der Waals surface area contributed by atoms with Crippen LogP contribution in [0.25, 0.3) is 22.4 Å². The summed E-state index contributed by atoms with van der Waals surface area (Å²) in [5.41, 5.74) is 3.42. The summed E-state index contributed by atoms with van der Waals surface area (Å²) in [6.07, 6.45) is 3.56. The van der Waals surface area contributed by atoms with E-state index in [4.69, 9.17) is 9.26 Å². The van der Waals surface area contributed by atoms with Gasteiger partial charge in [-0.3, -0.25) is 0 Å². The molecule has 0 saturated carbocycles. The molecule has 5 rings (SSSR count). The van der Waals surface area contributed by atoms with Gasteiger partial charge in [-0.25, -0.2) is 4.39 Å². The molecule has 4 heterocycles. The van der Waals surface area contributed by atoms with Crippen molar-refractivity contribution in [1.82, 2.24) is 20.7 Å². The van der Waals surface area contributed by atoms with E-state index in [1.54, 1.807) is 30.5 Å². The molecule has 8 heteroatoms. The number of benzene rings is 1. The SMILES string of the molecule is Cc1nocc1-c1ccc(-c2ccc(O[C@H]3CC4CCCC(N4)[C@H]3F)nn2)c(O)c1. The largest absolute Gasteiger partial charge is 0.507 e. The number of phenolic OH excluding ortho intramolecular Hbond substituents is 1. The van der Waals surface area contributed by atoms with Crippen molar-refractivity contribution < 1.29 is 18.8 Å². The third-order valence-corrected chi connectivity index (χ3v) is 6.02. The van der Waals surface area contributed by atoms with Crippen LogP contribution in [0.4, 0.5) is 4.39 Å². The van der Waals surface area contributed by atoms with Crippen molar-refractivity contribution in [2.75, 3.05) is 0 Å². The molecule has 30 heavy (non-hydrogen) atoms. The summed E-state index contributed by atoms with van der Waals surface area (Å²) >= 11 is 0. The Kier molecular flexibility index (Phi) is 4.86. The quantitative estimate of drug-likeness (QED) is 0.675. The van der Waals surface area contributed by atoms with Crippen LogP contribution in [0, 0.1) is 6.92 Å². The first-order chi connectivity index (χ1) is 14.6. The van der Waals surface area contributed by atoms with Gasteiger partial charge in [-0.05, 0) is 43.5 Å². The molecule has 2 bridgehead atoms. The van der Waals surface area contributed by atoms with Gasteiger partial charge in [-0.15, -0.1) is 10.2 Å². The molecule has 0 spiro atoms. The Morgan fingerprint density at radius 3 is 2.80 bits per heavy atom. The van der Waals surface area contributed by atoms with Gasteiger partial charge < -0.3 is 19.7 Å². The number of piperidine rings is 2. The minimum absolute atomic E-state index is 0.0751. The van der Waals surface area contributed by atoms with Gasteiger partial charge in [-0.1, -0.05) is 17.6 Å². The molecule has 2 saturated heterocycles. The maximum Gasteiger partial charge on any atom is 0.233 e. The molecule has 0 aliphatic carbocycles. The minimum atomic E-state index is -1.06. The summed E-state index contributed by atoms with van der Waals surface area (Å²) < 4.78 is 25.5. The van der Waals surface area contributed by atoms with Crippen molar-refractivity contribution in [1.29, 1.82) is 0 Å². The lowest BCUT2D eigenvalue weighted by atomic mass is 9.84. The standard InChI is InChI=1S/C22H23FN4O3/c1-12-16(11-29-27-12)13-5-6-15(19(28)9-13)17-7-8-21(26-25-17)30-20-10-14-3-2-4-18(24-14)22(20)23/h5-9,11,14,18,20,22,24,28H,2-4,10H2,1H3/t14?,18?,20-,22+/m0/s1. The molecule has 1 aromatic carbocycles. The van der Waals surface area contributed by atoms with Gasteiger partial charge in [0.1, 0.15) is 18.1 Å². The van der Waals surface area contributed by atoms with E-state index in [0.717, 1.165) is 36.1 Å². The highest BCUT2D eigenvalue weighted by atomic mass is 19.1. The van der Waals surface area contributed by atoms with Crippen LogP contribution in [0.5, 0.6) is 11.6 Å². The van der Waals surface area contributed by atoms with E-state index in [-0.39, 0.29) is 11.8 Å². The Hall–Kier alpha value is -3.00. The maximum atomic E-state index is 14.7. The van der Waals surface area contributed by atoms with Crippen molar-refractivity contribution in [3.8, 4) is 34.0 Å². The molecule has 2 aliphatic heterocycles. The van der Waals surface area contributed by atoms with Gasteiger partial charge in [0.25, 0.3) is 0 Å². The molecule has 0 amide bonds. The number of nitrogens with one attached hydrogen (secondary N) is 1. The van der Waals surface area contributed by atoms with Gasteiger partial charge in [0.05, 0.1) is 11.4 Å². The monoisotopic (exact) mass is 410 g/mol. The summed E-state index contributed by atoms with van der Waals surface area (Å²) in [6.45, 7) is 1.84. The lowest BCUT2D eigenvalue weighted by Crippen LogP contribution is -2.59. The number of ether oxygens (including phenoxy) is 1. The van der Waals surface area contributed by atoms with Crippen LogP contribution >= 0.6 is 0 Å². The predicted octanol–water partition coefficient (Wildman–Crippen LogP) is 3.81. The number of aromatic hydroxyl groups is 1. The molecule has 2 unspecified atom stereocenters. The second-order valence-corrected chi connectivity index (χ2v) is 8.04. The Morgan fingerprint density at radius 1 is 1.17 bits per heavy atom. The number of phenols is 1. The summed E-state index contributed by atoms with van der Waals surface area (Å²) in [5.74, 6) is 0.369. The topological polar surface area (TPSA) is 93.3 Å². The van der Waals surface area contributed by atoms with Crippen LogP contribution in [0.15, 0.2) is 41.1 Å². The van der Waals surface area contributed by atoms with E-state index in [1.807, 2.05) is 13.0 Å². The number of aromatic nitrogens is 3. The van der Waals surface area contributed by atoms with E-state index in [1.165, 1.54) is 0 Å². The van der Waals surface area contributed by atoms with Crippen LogP contribution < -0.4 is 10.1 Å². The maximum absolute atomic E-state index is 14.7. The normalized spacial score (nSPS) is 25.8. The van der Waals surface area contributed by atoms with Crippen LogP contribution in [0.2, 0.25) is 0 Å². The molecule has 3 aromatic rings. The van der Waals surface area contributed by atoms with Crippen molar-refractivity contribution in [3.05, 3.63) is 42.3 Å². The van der Waals surface area contributed by atoms with Crippen LogP contribution in [-0.2, 0) is 0 Å². The summed E-state index contributed by atoms with van der Waals surface area (Å²) in [6, 6.07) is 8.83. The molecular formula is C22H23FN4O3. The smallest absolute Gasteiger partial charge is 0.233 e. The fourth-order valence-electron chi connectivity index (χ4n) is 4.44. The highest BCUT2D eigenvalue weighted by Gasteiger charge is 2.41. The molecule has 2 fully saturated rings. The number of fused-ring (bicyclic) bond motifs is 2. The summed E-state index contributed by atoms with van der Waals surface area (Å²) in [5, 5.41) is 26.0. The van der Waals surface area contributed by atoms with E-state index in [2.05, 4.69) is 20.7 Å². The lowest BCUT2D eigenvalue weighted by Gasteiger charge is -2.42. The number of alkyl halides is 1. The van der Waals surface area contributed by atoms with E-state index < -0.39 is 12.3 Å². The Balaban J connectivity index is 1.32. The van der Waals surface area contributed by atoms with Crippen molar-refractivity contribution >= 4 is 0 Å². The van der Waals surface area contributed by atoms with Gasteiger partial charge in [-0.2, -0.15) is 0 Å². The first kappa shape index (κ1) is 19.0. The zero-order valence-electron chi connectivity index (χ0n) is 16.6. The van der Waals surface area contributed by atoms with Crippen molar-refractivity contribution in [2.45, 2.75) is 57.0 Å². The summed E-state index contributed by atoms with van der Waals surface area (Å²) in [7, 11) is 0. The van der Waals surface area contributed by atoms with Gasteiger partial charge >= 0.3 is 0 Å². The van der Waals surface area contributed by atoms with Gasteiger partial charge in [0.15, 0.2) is 6.17 Å². The fourth-order valence-corrected chi connectivity index (χ4v) is 4.44. The van der Waals surface area contributed by atoms with Crippen LogP contribution in [-0.4, -0.2) is 44.8 Å². The van der Waals surface area contributed by atoms with E-state index >= 15 is 0 Å². The van der Waals surface area contributed by atoms with Gasteiger partial charge in [0, 0.05) is 35.7 Å². The Bertz CT molecular complexity index is 1040. The zero-order chi connectivity index (χ0) is 20.7.